The highest BCUT2D eigenvalue weighted by Gasteiger charge is 2.64. The largest absolute Gasteiger partial charge is 0.297 e. The molecule has 3 aliphatic heterocycles. The van der Waals surface area contributed by atoms with Crippen LogP contribution in [0.15, 0.2) is 41.5 Å². The van der Waals surface area contributed by atoms with Crippen LogP contribution in [0.2, 0.25) is 5.02 Å². The summed E-state index contributed by atoms with van der Waals surface area (Å²) >= 11 is 5.93. The maximum atomic E-state index is 13.3. The lowest BCUT2D eigenvalue weighted by Gasteiger charge is -2.33. The van der Waals surface area contributed by atoms with E-state index in [-0.39, 0.29) is 17.6 Å². The number of hydrogen-bond donors (Lipinski definition) is 0. The van der Waals surface area contributed by atoms with E-state index in [1.807, 2.05) is 26.8 Å². The van der Waals surface area contributed by atoms with Gasteiger partial charge in [0, 0.05) is 16.7 Å². The number of benzene rings is 1. The number of imide groups is 1. The maximum absolute atomic E-state index is 13.3. The van der Waals surface area contributed by atoms with E-state index in [2.05, 4.69) is 5.10 Å². The summed E-state index contributed by atoms with van der Waals surface area (Å²) in [6.45, 7) is 5.46. The van der Waals surface area contributed by atoms with Crippen LogP contribution in [0, 0.1) is 17.3 Å². The Labute approximate surface area is 162 Å². The smallest absolute Gasteiger partial charge is 0.240 e. The van der Waals surface area contributed by atoms with Crippen LogP contribution in [-0.2, 0) is 14.4 Å². The number of Topliss-reactive ketones (excluding diaryl/α,β-unsaturated/α-hetero) is 1. The minimum Gasteiger partial charge on any atom is -0.297 e. The predicted molar refractivity (Wildman–Crippen MR) is 102 cm³/mol. The monoisotopic (exact) mass is 385 g/mol. The highest BCUT2D eigenvalue weighted by Crippen LogP contribution is 2.47. The Bertz CT molecular complexity index is 885. The van der Waals surface area contributed by atoms with Crippen LogP contribution >= 0.6 is 11.6 Å². The minimum absolute atomic E-state index is 0.0912. The number of anilines is 1. The molecule has 0 N–H and O–H groups in total. The number of fused-ring (bicyclic) bond motifs is 3. The van der Waals surface area contributed by atoms with Crippen LogP contribution in [0.3, 0.4) is 0 Å². The van der Waals surface area contributed by atoms with Crippen molar-refractivity contribution in [3.8, 4) is 0 Å². The lowest BCUT2D eigenvalue weighted by Crippen LogP contribution is -2.49. The van der Waals surface area contributed by atoms with Crippen molar-refractivity contribution in [2.75, 3.05) is 4.90 Å². The van der Waals surface area contributed by atoms with Crippen molar-refractivity contribution in [2.45, 2.75) is 32.9 Å². The van der Waals surface area contributed by atoms with Gasteiger partial charge in [0.25, 0.3) is 0 Å². The number of ketones is 1. The highest BCUT2D eigenvalue weighted by molar-refractivity contribution is 6.31. The van der Waals surface area contributed by atoms with Gasteiger partial charge in [-0.05, 0) is 30.3 Å². The first kappa shape index (κ1) is 17.9. The topological polar surface area (TPSA) is 70.0 Å². The molecule has 0 aliphatic carbocycles. The van der Waals surface area contributed by atoms with Crippen molar-refractivity contribution in [2.24, 2.45) is 22.4 Å². The van der Waals surface area contributed by atoms with Gasteiger partial charge in [0.05, 0.1) is 23.6 Å². The number of halogens is 1. The van der Waals surface area contributed by atoms with E-state index in [0.29, 0.717) is 10.7 Å². The average Bonchev–Trinajstić information content (AvgIpc) is 3.08. The summed E-state index contributed by atoms with van der Waals surface area (Å²) in [5.41, 5.74) is -0.182. The number of amides is 2. The fourth-order valence-electron chi connectivity index (χ4n) is 4.13. The van der Waals surface area contributed by atoms with Crippen LogP contribution in [0.25, 0.3) is 0 Å². The van der Waals surface area contributed by atoms with Gasteiger partial charge in [0.2, 0.25) is 11.8 Å². The van der Waals surface area contributed by atoms with Gasteiger partial charge in [-0.1, -0.05) is 38.4 Å². The summed E-state index contributed by atoms with van der Waals surface area (Å²) in [6, 6.07) is 5.42. The summed E-state index contributed by atoms with van der Waals surface area (Å²) in [5, 5.41) is 6.49. The van der Waals surface area contributed by atoms with E-state index in [1.54, 1.807) is 41.6 Å². The van der Waals surface area contributed by atoms with Crippen LogP contribution in [0.5, 0.6) is 0 Å². The summed E-state index contributed by atoms with van der Waals surface area (Å²) in [4.78, 5) is 40.8. The highest BCUT2D eigenvalue weighted by atomic mass is 35.5. The second kappa shape index (κ2) is 6.02. The molecule has 4 atom stereocenters. The summed E-state index contributed by atoms with van der Waals surface area (Å²) in [6.07, 6.45) is 5.19. The molecule has 3 aliphatic rings. The average molecular weight is 386 g/mol. The molecule has 1 aromatic carbocycles. The third-order valence-corrected chi connectivity index (χ3v) is 5.64. The molecule has 4 rings (SSSR count). The lowest BCUT2D eigenvalue weighted by molar-refractivity contribution is -0.136. The second-order valence-electron chi connectivity index (χ2n) is 8.12. The number of carbonyl (C=O) groups excluding carboxylic acids is 3. The molecule has 27 heavy (non-hydrogen) atoms. The van der Waals surface area contributed by atoms with Crippen LogP contribution in [-0.4, -0.2) is 40.9 Å². The Morgan fingerprint density at radius 1 is 1.07 bits per heavy atom. The van der Waals surface area contributed by atoms with Gasteiger partial charge in [-0.2, -0.15) is 5.10 Å². The van der Waals surface area contributed by atoms with Gasteiger partial charge in [-0.3, -0.25) is 19.4 Å². The molecule has 0 spiro atoms. The number of rotatable bonds is 2. The fourth-order valence-corrected chi connectivity index (χ4v) is 4.25. The SMILES string of the molecule is CC(C)(C)C(=O)C1C2C(=O)N(c3ccc(Cl)cc3)C(=O)C2C2C=CC=NN21. The van der Waals surface area contributed by atoms with Gasteiger partial charge in [-0.15, -0.1) is 0 Å². The van der Waals surface area contributed by atoms with Crippen LogP contribution < -0.4 is 4.90 Å². The number of carbonyl (C=O) groups is 3. The summed E-state index contributed by atoms with van der Waals surface area (Å²) < 4.78 is 0. The van der Waals surface area contributed by atoms with E-state index in [0.717, 1.165) is 0 Å². The Kier molecular flexibility index (Phi) is 4.00. The van der Waals surface area contributed by atoms with Crippen molar-refractivity contribution in [3.05, 3.63) is 41.4 Å². The molecule has 3 heterocycles. The van der Waals surface area contributed by atoms with Gasteiger partial charge in [0.15, 0.2) is 5.78 Å². The molecule has 0 saturated carbocycles. The zero-order valence-corrected chi connectivity index (χ0v) is 16.1. The molecule has 2 amide bonds. The summed E-state index contributed by atoms with van der Waals surface area (Å²) in [7, 11) is 0. The number of hydrogen-bond acceptors (Lipinski definition) is 5. The van der Waals surface area contributed by atoms with Crippen LogP contribution in [0.4, 0.5) is 5.69 Å². The summed E-state index contributed by atoms with van der Waals surface area (Å²) in [5.74, 6) is -2.12. The molecular formula is C20H20ClN3O3. The second-order valence-corrected chi connectivity index (χ2v) is 8.56. The van der Waals surface area contributed by atoms with Gasteiger partial charge in [0.1, 0.15) is 6.04 Å². The maximum Gasteiger partial charge on any atom is 0.240 e. The first-order chi connectivity index (χ1) is 12.7. The first-order valence-electron chi connectivity index (χ1n) is 8.88. The Morgan fingerprint density at radius 2 is 1.70 bits per heavy atom. The molecule has 1 aromatic rings. The molecular weight excluding hydrogens is 366 g/mol. The van der Waals surface area contributed by atoms with E-state index >= 15 is 0 Å². The Morgan fingerprint density at radius 3 is 2.33 bits per heavy atom. The van der Waals surface area contributed by atoms with Crippen molar-refractivity contribution < 1.29 is 14.4 Å². The molecule has 7 heteroatoms. The zero-order valence-electron chi connectivity index (χ0n) is 15.3. The number of allylic oxidation sites excluding steroid dienone is 1. The molecule has 2 fully saturated rings. The van der Waals surface area contributed by atoms with Gasteiger partial charge < -0.3 is 0 Å². The van der Waals surface area contributed by atoms with Crippen molar-refractivity contribution >= 4 is 41.1 Å². The third kappa shape index (κ3) is 2.62. The van der Waals surface area contributed by atoms with Crippen molar-refractivity contribution in [1.29, 1.82) is 0 Å². The quantitative estimate of drug-likeness (QED) is 0.734. The Balaban J connectivity index is 1.79. The standard InChI is InChI=1S/C20H20ClN3O3/c1-20(2,3)17(25)16-15-14(13-5-4-10-22-24(13)16)18(26)23(19(15)27)12-8-6-11(21)7-9-12/h4-10,13-16H,1-3H3. The predicted octanol–water partition coefficient (Wildman–Crippen LogP) is 2.67. The molecule has 6 nitrogen and oxygen atoms in total. The normalized spacial score (nSPS) is 29.3. The van der Waals surface area contributed by atoms with Gasteiger partial charge >= 0.3 is 0 Å². The zero-order chi connectivity index (χ0) is 19.5. The molecule has 140 valence electrons. The third-order valence-electron chi connectivity index (χ3n) is 5.38. The molecule has 0 aromatic heterocycles. The van der Waals surface area contributed by atoms with Crippen molar-refractivity contribution in [1.82, 2.24) is 5.01 Å². The van der Waals surface area contributed by atoms with Crippen LogP contribution in [0.1, 0.15) is 20.8 Å². The lowest BCUT2D eigenvalue weighted by atomic mass is 9.80. The fraction of sp³-hybridized carbons (Fsp3) is 0.400. The first-order valence-corrected chi connectivity index (χ1v) is 9.26. The molecule has 4 unspecified atom stereocenters. The molecule has 0 bridgehead atoms. The minimum atomic E-state index is -0.755. The van der Waals surface area contributed by atoms with E-state index in [4.69, 9.17) is 11.6 Å². The number of nitrogens with zero attached hydrogens (tertiary/aromatic N) is 3. The van der Waals surface area contributed by atoms with Gasteiger partial charge in [-0.25, -0.2) is 4.90 Å². The Hall–Kier alpha value is -2.47. The van der Waals surface area contributed by atoms with E-state index in [1.165, 1.54) is 4.90 Å². The van der Waals surface area contributed by atoms with E-state index in [9.17, 15) is 14.4 Å². The number of hydrazone groups is 1. The molecule has 2 saturated heterocycles. The van der Waals surface area contributed by atoms with E-state index < -0.39 is 29.3 Å². The molecule has 0 radical (unpaired) electrons. The van der Waals surface area contributed by atoms with Crippen molar-refractivity contribution in [3.63, 3.8) is 0 Å².